The van der Waals surface area contributed by atoms with E-state index in [0.29, 0.717) is 19.0 Å². The normalized spacial score (nSPS) is 11.8. The van der Waals surface area contributed by atoms with E-state index in [2.05, 4.69) is 15.3 Å². The Morgan fingerprint density at radius 2 is 1.89 bits per heavy atom. The lowest BCUT2D eigenvalue weighted by molar-refractivity contribution is -0.117. The fourth-order valence-corrected chi connectivity index (χ4v) is 3.99. The summed E-state index contributed by atoms with van der Waals surface area (Å²) < 4.78 is 11.7. The van der Waals surface area contributed by atoms with Crippen molar-refractivity contribution in [1.82, 2.24) is 15.3 Å². The van der Waals surface area contributed by atoms with Gasteiger partial charge < -0.3 is 14.8 Å². The van der Waals surface area contributed by atoms with Gasteiger partial charge in [0.25, 0.3) is 0 Å². The molecule has 2 aromatic heterocycles. The van der Waals surface area contributed by atoms with Crippen molar-refractivity contribution in [3.8, 4) is 11.5 Å². The van der Waals surface area contributed by atoms with Crippen molar-refractivity contribution < 1.29 is 14.3 Å². The minimum atomic E-state index is -0.181. The summed E-state index contributed by atoms with van der Waals surface area (Å²) >= 11 is 1.60. The largest absolute Gasteiger partial charge is 0.489 e. The van der Waals surface area contributed by atoms with E-state index in [-0.39, 0.29) is 11.9 Å². The smallest absolute Gasteiger partial charge is 0.244 e. The molecule has 1 atom stereocenters. The molecule has 35 heavy (non-hydrogen) atoms. The summed E-state index contributed by atoms with van der Waals surface area (Å²) in [5.74, 6) is 1.29. The van der Waals surface area contributed by atoms with Gasteiger partial charge in [-0.15, -0.1) is 11.3 Å². The van der Waals surface area contributed by atoms with E-state index in [9.17, 15) is 4.79 Å². The zero-order valence-corrected chi connectivity index (χ0v) is 20.5. The van der Waals surface area contributed by atoms with Gasteiger partial charge in [0, 0.05) is 35.0 Å². The molecule has 0 fully saturated rings. The Kier molecular flexibility index (Phi) is 8.25. The maximum Gasteiger partial charge on any atom is 0.244 e. The molecular formula is C28H27N3O3S. The summed E-state index contributed by atoms with van der Waals surface area (Å²) in [5, 5.41) is 6.00. The third-order valence-electron chi connectivity index (χ3n) is 5.24. The van der Waals surface area contributed by atoms with E-state index in [1.807, 2.05) is 79.9 Å². The van der Waals surface area contributed by atoms with Gasteiger partial charge in [-0.25, -0.2) is 4.98 Å². The second-order valence-corrected chi connectivity index (χ2v) is 9.03. The zero-order chi connectivity index (χ0) is 24.5. The van der Waals surface area contributed by atoms with Gasteiger partial charge in [0.15, 0.2) is 0 Å². The van der Waals surface area contributed by atoms with Crippen LogP contribution in [0.2, 0.25) is 0 Å². The number of para-hydroxylation sites is 1. The number of aromatic nitrogens is 2. The van der Waals surface area contributed by atoms with E-state index < -0.39 is 0 Å². The quantitative estimate of drug-likeness (QED) is 0.283. The summed E-state index contributed by atoms with van der Waals surface area (Å²) in [7, 11) is 0. The summed E-state index contributed by atoms with van der Waals surface area (Å²) in [6, 6.07) is 19.0. The molecule has 178 valence electrons. The van der Waals surface area contributed by atoms with Crippen LogP contribution in [0.15, 0.2) is 84.5 Å². The fraction of sp³-hybridized carbons (Fsp3) is 0.179. The van der Waals surface area contributed by atoms with Crippen LogP contribution in [-0.2, 0) is 18.0 Å². The maximum absolute atomic E-state index is 12.5. The average molecular weight is 486 g/mol. The number of ether oxygens (including phenoxy) is 2. The Bertz CT molecular complexity index is 1270. The number of nitrogens with zero attached hydrogens (tertiary/aromatic N) is 2. The Balaban J connectivity index is 1.30. The van der Waals surface area contributed by atoms with Crippen molar-refractivity contribution in [2.24, 2.45) is 0 Å². The predicted octanol–water partition coefficient (Wildman–Crippen LogP) is 5.90. The molecule has 4 rings (SSSR count). The summed E-state index contributed by atoms with van der Waals surface area (Å²) in [6.45, 7) is 4.76. The number of carbonyl (C=O) groups excluding carboxylic acids is 1. The number of pyridine rings is 1. The van der Waals surface area contributed by atoms with Crippen molar-refractivity contribution in [2.45, 2.75) is 33.1 Å². The molecule has 1 N–H and O–H groups in total. The number of hydrogen-bond acceptors (Lipinski definition) is 6. The predicted molar refractivity (Wildman–Crippen MR) is 138 cm³/mol. The number of nitrogens with one attached hydrogen (secondary N) is 1. The minimum absolute atomic E-state index is 0.154. The number of carbonyl (C=O) groups is 1. The number of aryl methyl sites for hydroxylation is 1. The van der Waals surface area contributed by atoms with E-state index in [1.54, 1.807) is 29.8 Å². The third-order valence-corrected chi connectivity index (χ3v) is 6.06. The fourth-order valence-electron chi connectivity index (χ4n) is 3.39. The molecule has 0 saturated heterocycles. The topological polar surface area (TPSA) is 73.3 Å². The number of benzene rings is 2. The van der Waals surface area contributed by atoms with Gasteiger partial charge in [-0.2, -0.15) is 0 Å². The van der Waals surface area contributed by atoms with Crippen LogP contribution in [0.4, 0.5) is 0 Å². The molecule has 0 bridgehead atoms. The molecule has 0 aliphatic carbocycles. The molecule has 0 aliphatic rings. The van der Waals surface area contributed by atoms with E-state index in [0.717, 1.165) is 33.1 Å². The summed E-state index contributed by atoms with van der Waals surface area (Å²) in [6.07, 6.45) is 6.81. The lowest BCUT2D eigenvalue weighted by Crippen LogP contribution is -2.24. The second kappa shape index (κ2) is 11.9. The van der Waals surface area contributed by atoms with Crippen LogP contribution in [-0.4, -0.2) is 15.9 Å². The molecule has 2 aromatic carbocycles. The second-order valence-electron chi connectivity index (χ2n) is 7.97. The zero-order valence-electron chi connectivity index (χ0n) is 19.7. The Labute approximate surface area is 209 Å². The number of hydrogen-bond donors (Lipinski definition) is 1. The molecule has 6 nitrogen and oxygen atoms in total. The first-order valence-electron chi connectivity index (χ1n) is 11.3. The van der Waals surface area contributed by atoms with Crippen molar-refractivity contribution in [1.29, 1.82) is 0 Å². The standard InChI is InChI=1S/C28H27N3O3S/c1-20(23-9-12-26(13-10-23)33-17-22-6-5-15-29-16-22)30-28(32)14-11-24-7-3-4-8-27(24)34-18-25-19-35-21(2)31-25/h3-16,19-20H,17-18H2,1-2H3,(H,30,32)/b14-11+. The molecule has 1 amide bonds. The lowest BCUT2D eigenvalue weighted by Gasteiger charge is -2.14. The first-order chi connectivity index (χ1) is 17.1. The molecule has 0 spiro atoms. The molecular weight excluding hydrogens is 458 g/mol. The van der Waals surface area contributed by atoms with Gasteiger partial charge in [-0.3, -0.25) is 9.78 Å². The molecule has 0 aliphatic heterocycles. The van der Waals surface area contributed by atoms with Gasteiger partial charge in [0.2, 0.25) is 5.91 Å². The van der Waals surface area contributed by atoms with E-state index >= 15 is 0 Å². The monoisotopic (exact) mass is 485 g/mol. The maximum atomic E-state index is 12.5. The minimum Gasteiger partial charge on any atom is -0.489 e. The van der Waals surface area contributed by atoms with Crippen molar-refractivity contribution in [3.63, 3.8) is 0 Å². The van der Waals surface area contributed by atoms with Gasteiger partial charge in [0.1, 0.15) is 24.7 Å². The summed E-state index contributed by atoms with van der Waals surface area (Å²) in [5.41, 5.74) is 3.72. The van der Waals surface area contributed by atoms with Gasteiger partial charge in [-0.1, -0.05) is 36.4 Å². The number of thiazole rings is 1. The summed E-state index contributed by atoms with van der Waals surface area (Å²) in [4.78, 5) is 21.1. The Morgan fingerprint density at radius 3 is 2.63 bits per heavy atom. The molecule has 7 heteroatoms. The number of amides is 1. The van der Waals surface area contributed by atoms with Crippen LogP contribution in [0.1, 0.15) is 40.4 Å². The van der Waals surface area contributed by atoms with Crippen LogP contribution >= 0.6 is 11.3 Å². The van der Waals surface area contributed by atoms with Crippen molar-refractivity contribution in [3.05, 3.63) is 112 Å². The van der Waals surface area contributed by atoms with Crippen LogP contribution in [0.3, 0.4) is 0 Å². The highest BCUT2D eigenvalue weighted by Gasteiger charge is 2.09. The highest BCUT2D eigenvalue weighted by Crippen LogP contribution is 2.22. The van der Waals surface area contributed by atoms with Crippen LogP contribution in [0.5, 0.6) is 11.5 Å². The van der Waals surface area contributed by atoms with Crippen molar-refractivity contribution in [2.75, 3.05) is 0 Å². The molecule has 0 saturated carbocycles. The Hall–Kier alpha value is -3.97. The van der Waals surface area contributed by atoms with Crippen LogP contribution < -0.4 is 14.8 Å². The van der Waals surface area contributed by atoms with Gasteiger partial charge in [-0.05, 0) is 49.8 Å². The Morgan fingerprint density at radius 1 is 1.06 bits per heavy atom. The number of rotatable bonds is 10. The molecule has 2 heterocycles. The SMILES string of the molecule is Cc1nc(COc2ccccc2/C=C/C(=O)NC(C)c2ccc(OCc3cccnc3)cc2)cs1. The van der Waals surface area contributed by atoms with E-state index in [1.165, 1.54) is 6.08 Å². The van der Waals surface area contributed by atoms with Gasteiger partial charge >= 0.3 is 0 Å². The van der Waals surface area contributed by atoms with Crippen molar-refractivity contribution >= 4 is 23.3 Å². The molecule has 0 radical (unpaired) electrons. The van der Waals surface area contributed by atoms with Gasteiger partial charge in [0.05, 0.1) is 16.7 Å². The van der Waals surface area contributed by atoms with Crippen LogP contribution in [0, 0.1) is 6.92 Å². The lowest BCUT2D eigenvalue weighted by atomic mass is 10.1. The molecule has 4 aromatic rings. The first kappa shape index (κ1) is 24.2. The third kappa shape index (κ3) is 7.25. The first-order valence-corrected chi connectivity index (χ1v) is 12.2. The molecule has 1 unspecified atom stereocenters. The average Bonchev–Trinajstić information content (AvgIpc) is 3.31. The highest BCUT2D eigenvalue weighted by molar-refractivity contribution is 7.09. The van der Waals surface area contributed by atoms with E-state index in [4.69, 9.17) is 9.47 Å². The highest BCUT2D eigenvalue weighted by atomic mass is 32.1. The van der Waals surface area contributed by atoms with Crippen LogP contribution in [0.25, 0.3) is 6.08 Å².